The lowest BCUT2D eigenvalue weighted by molar-refractivity contribution is -0.118. The third-order valence-electron chi connectivity index (χ3n) is 2.09. The van der Waals surface area contributed by atoms with Gasteiger partial charge in [-0.25, -0.2) is 4.68 Å². The summed E-state index contributed by atoms with van der Waals surface area (Å²) in [5.74, 6) is 0.574. The van der Waals surface area contributed by atoms with Gasteiger partial charge in [-0.1, -0.05) is 15.9 Å². The molecule has 0 bridgehead atoms. The number of Topliss-reactive ketones (excluding diaryl/α,β-unsaturated/α-hetero) is 1. The smallest absolute Gasteiger partial charge is 0.167 e. The molecule has 0 aliphatic carbocycles. The number of carbonyl (C=O) groups is 1. The molecule has 0 spiro atoms. The number of aromatic nitrogens is 2. The zero-order valence-corrected chi connectivity index (χ0v) is 10.8. The molecule has 0 fully saturated rings. The minimum Gasteiger partial charge on any atom is -0.483 e. The summed E-state index contributed by atoms with van der Waals surface area (Å²) in [6.45, 7) is 1.56. The van der Waals surface area contributed by atoms with Crippen LogP contribution < -0.4 is 4.74 Å². The minimum absolute atomic E-state index is 0.0126. The summed E-state index contributed by atoms with van der Waals surface area (Å²) in [5, 5.41) is 4.16. The van der Waals surface area contributed by atoms with Crippen molar-refractivity contribution in [1.82, 2.24) is 9.78 Å². The van der Waals surface area contributed by atoms with E-state index in [1.54, 1.807) is 17.1 Å². The van der Waals surface area contributed by atoms with Crippen molar-refractivity contribution < 1.29 is 9.53 Å². The first-order valence-corrected chi connectivity index (χ1v) is 5.87. The summed E-state index contributed by atoms with van der Waals surface area (Å²) in [6.07, 6.45) is 3.33. The topological polar surface area (TPSA) is 44.1 Å². The first kappa shape index (κ1) is 11.9. The predicted octanol–water partition coefficient (Wildman–Crippen LogP) is 2.60. The van der Waals surface area contributed by atoms with Crippen LogP contribution >= 0.6 is 15.9 Å². The van der Waals surface area contributed by atoms with Gasteiger partial charge in [0.1, 0.15) is 6.61 Å². The fourth-order valence-electron chi connectivity index (χ4n) is 1.30. The van der Waals surface area contributed by atoms with Crippen LogP contribution in [0.25, 0.3) is 5.69 Å². The quantitative estimate of drug-likeness (QED) is 0.871. The monoisotopic (exact) mass is 294 g/mol. The molecule has 0 unspecified atom stereocenters. The lowest BCUT2D eigenvalue weighted by atomic mass is 10.3. The number of carbonyl (C=O) groups excluding carboxylic acids is 1. The summed E-state index contributed by atoms with van der Waals surface area (Å²) in [6, 6.07) is 7.75. The molecule has 0 radical (unpaired) electrons. The minimum atomic E-state index is -0.0126. The molecule has 0 aliphatic rings. The van der Waals surface area contributed by atoms with E-state index < -0.39 is 0 Å². The Morgan fingerprint density at radius 3 is 2.76 bits per heavy atom. The lowest BCUT2D eigenvalue weighted by Crippen LogP contribution is -2.05. The fourth-order valence-corrected chi connectivity index (χ4v) is 1.57. The van der Waals surface area contributed by atoms with E-state index in [1.165, 1.54) is 6.92 Å². The van der Waals surface area contributed by atoms with Gasteiger partial charge in [-0.15, -0.1) is 0 Å². The highest BCUT2D eigenvalue weighted by Crippen LogP contribution is 2.16. The highest BCUT2D eigenvalue weighted by atomic mass is 79.9. The van der Waals surface area contributed by atoms with E-state index in [-0.39, 0.29) is 12.4 Å². The van der Waals surface area contributed by atoms with Gasteiger partial charge in [0.2, 0.25) is 0 Å². The van der Waals surface area contributed by atoms with Crippen LogP contribution in [0.4, 0.5) is 0 Å². The summed E-state index contributed by atoms with van der Waals surface area (Å²) in [7, 11) is 0. The second kappa shape index (κ2) is 5.14. The van der Waals surface area contributed by atoms with E-state index in [1.807, 2.05) is 24.3 Å². The van der Waals surface area contributed by atoms with E-state index in [0.717, 1.165) is 10.2 Å². The fraction of sp³-hybridized carbons (Fsp3) is 0.167. The average molecular weight is 295 g/mol. The molecule has 0 saturated heterocycles. The van der Waals surface area contributed by atoms with Gasteiger partial charge in [0.15, 0.2) is 11.5 Å². The highest BCUT2D eigenvalue weighted by Gasteiger charge is 2.02. The third kappa shape index (κ3) is 3.17. The number of halogens is 1. The Bertz CT molecular complexity index is 520. The maximum absolute atomic E-state index is 10.8. The molecule has 0 saturated carbocycles. The van der Waals surface area contributed by atoms with Crippen molar-refractivity contribution in [2.24, 2.45) is 0 Å². The van der Waals surface area contributed by atoms with Crippen molar-refractivity contribution in [3.8, 4) is 11.4 Å². The lowest BCUT2D eigenvalue weighted by Gasteiger charge is -2.01. The van der Waals surface area contributed by atoms with Crippen LogP contribution in [0.5, 0.6) is 5.75 Å². The summed E-state index contributed by atoms with van der Waals surface area (Å²) in [4.78, 5) is 10.8. The summed E-state index contributed by atoms with van der Waals surface area (Å²) < 4.78 is 7.96. The van der Waals surface area contributed by atoms with Gasteiger partial charge in [0.25, 0.3) is 0 Å². The Morgan fingerprint density at radius 2 is 2.12 bits per heavy atom. The zero-order valence-electron chi connectivity index (χ0n) is 9.26. The third-order valence-corrected chi connectivity index (χ3v) is 2.62. The maximum atomic E-state index is 10.8. The second-order valence-corrected chi connectivity index (χ2v) is 4.50. The molecule has 88 valence electrons. The summed E-state index contributed by atoms with van der Waals surface area (Å²) >= 11 is 3.37. The molecule has 1 aromatic heterocycles. The van der Waals surface area contributed by atoms with Gasteiger partial charge in [0.05, 0.1) is 18.1 Å². The van der Waals surface area contributed by atoms with Gasteiger partial charge in [-0.05, 0) is 31.2 Å². The van der Waals surface area contributed by atoms with Crippen LogP contribution in [0.15, 0.2) is 41.1 Å². The molecular formula is C12H11BrN2O2. The van der Waals surface area contributed by atoms with Gasteiger partial charge in [-0.2, -0.15) is 5.10 Å². The highest BCUT2D eigenvalue weighted by molar-refractivity contribution is 9.10. The van der Waals surface area contributed by atoms with E-state index in [2.05, 4.69) is 21.0 Å². The summed E-state index contributed by atoms with van der Waals surface area (Å²) in [5.41, 5.74) is 0.936. The molecule has 5 heteroatoms. The van der Waals surface area contributed by atoms with E-state index in [4.69, 9.17) is 4.74 Å². The van der Waals surface area contributed by atoms with E-state index >= 15 is 0 Å². The van der Waals surface area contributed by atoms with E-state index in [9.17, 15) is 4.79 Å². The number of nitrogens with zero attached hydrogens (tertiary/aromatic N) is 2. The second-order valence-electron chi connectivity index (χ2n) is 3.59. The Labute approximate surface area is 107 Å². The van der Waals surface area contributed by atoms with E-state index in [0.29, 0.717) is 5.75 Å². The number of rotatable bonds is 4. The number of ether oxygens (including phenoxy) is 1. The molecule has 2 rings (SSSR count). The molecular weight excluding hydrogens is 284 g/mol. The molecule has 0 atom stereocenters. The van der Waals surface area contributed by atoms with Gasteiger partial charge < -0.3 is 4.74 Å². The largest absolute Gasteiger partial charge is 0.483 e. The van der Waals surface area contributed by atoms with Crippen molar-refractivity contribution >= 4 is 21.7 Å². The first-order valence-electron chi connectivity index (χ1n) is 5.08. The molecule has 2 aromatic rings. The van der Waals surface area contributed by atoms with Crippen molar-refractivity contribution in [2.45, 2.75) is 6.92 Å². The number of benzene rings is 1. The van der Waals surface area contributed by atoms with Crippen LogP contribution in [-0.2, 0) is 4.79 Å². The molecule has 17 heavy (non-hydrogen) atoms. The van der Waals surface area contributed by atoms with Crippen molar-refractivity contribution in [3.05, 3.63) is 41.1 Å². The van der Waals surface area contributed by atoms with Crippen molar-refractivity contribution in [1.29, 1.82) is 0 Å². The molecule has 0 aliphatic heterocycles. The molecule has 1 aromatic carbocycles. The van der Waals surface area contributed by atoms with Crippen LogP contribution in [0, 0.1) is 0 Å². The van der Waals surface area contributed by atoms with Gasteiger partial charge in [-0.3, -0.25) is 4.79 Å². The Balaban J connectivity index is 2.12. The molecule has 1 heterocycles. The van der Waals surface area contributed by atoms with Crippen molar-refractivity contribution in [2.75, 3.05) is 6.61 Å². The van der Waals surface area contributed by atoms with Crippen LogP contribution in [0.3, 0.4) is 0 Å². The standard InChI is InChI=1S/C12H11BrN2O2/c1-9(16)8-17-12-6-14-15(7-12)11-4-2-10(13)3-5-11/h2-7H,8H2,1H3. The van der Waals surface area contributed by atoms with Gasteiger partial charge >= 0.3 is 0 Å². The Hall–Kier alpha value is -1.62. The van der Waals surface area contributed by atoms with Crippen LogP contribution in [0.1, 0.15) is 6.92 Å². The van der Waals surface area contributed by atoms with Crippen LogP contribution in [-0.4, -0.2) is 22.2 Å². The average Bonchev–Trinajstić information content (AvgIpc) is 2.76. The SMILES string of the molecule is CC(=O)COc1cnn(-c2ccc(Br)cc2)c1. The number of hydrogen-bond donors (Lipinski definition) is 0. The van der Waals surface area contributed by atoms with Gasteiger partial charge in [0, 0.05) is 4.47 Å². The molecule has 0 amide bonds. The molecule has 0 N–H and O–H groups in total. The van der Waals surface area contributed by atoms with Crippen LogP contribution in [0.2, 0.25) is 0 Å². The van der Waals surface area contributed by atoms with Crippen molar-refractivity contribution in [3.63, 3.8) is 0 Å². The zero-order chi connectivity index (χ0) is 12.3. The Kier molecular flexibility index (Phi) is 3.58. The predicted molar refractivity (Wildman–Crippen MR) is 67.4 cm³/mol. The first-order chi connectivity index (χ1) is 8.15. The number of hydrogen-bond acceptors (Lipinski definition) is 3. The molecule has 4 nitrogen and oxygen atoms in total. The normalized spacial score (nSPS) is 10.2. The maximum Gasteiger partial charge on any atom is 0.167 e. The number of ketones is 1. The Morgan fingerprint density at radius 1 is 1.41 bits per heavy atom.